The zero-order valence-corrected chi connectivity index (χ0v) is 21.0. The summed E-state index contributed by atoms with van der Waals surface area (Å²) >= 11 is 0. The lowest BCUT2D eigenvalue weighted by molar-refractivity contribution is 0.395. The van der Waals surface area contributed by atoms with Crippen molar-refractivity contribution in [3.05, 3.63) is 72.8 Å². The Morgan fingerprint density at radius 2 is 1.03 bits per heavy atom. The number of hydrogen-bond donors (Lipinski definition) is 0. The van der Waals surface area contributed by atoms with Gasteiger partial charge >= 0.3 is 0 Å². The highest BCUT2D eigenvalue weighted by molar-refractivity contribution is 5.81. The molecule has 0 unspecified atom stereocenters. The fourth-order valence-corrected chi connectivity index (χ4v) is 3.95. The predicted octanol–water partition coefficient (Wildman–Crippen LogP) is 6.18. The minimum absolute atomic E-state index is 0.685. The SMILES string of the molecule is COc1ccc(-c2cc(-c3ccc(N(C)C)cc3)cc(-c3ccc(OC)cc3OC)n2)c(OC)c1. The van der Waals surface area contributed by atoms with Gasteiger partial charge in [0.05, 0.1) is 39.8 Å². The van der Waals surface area contributed by atoms with Crippen molar-refractivity contribution in [2.45, 2.75) is 0 Å². The molecule has 6 nitrogen and oxygen atoms in total. The smallest absolute Gasteiger partial charge is 0.131 e. The summed E-state index contributed by atoms with van der Waals surface area (Å²) in [6.45, 7) is 0. The molecule has 0 aliphatic rings. The molecule has 0 saturated carbocycles. The number of nitrogens with zero attached hydrogens (tertiary/aromatic N) is 2. The molecule has 6 heteroatoms. The Labute approximate surface area is 206 Å². The Kier molecular flexibility index (Phi) is 7.11. The first-order valence-corrected chi connectivity index (χ1v) is 11.2. The fraction of sp³-hybridized carbons (Fsp3) is 0.207. The van der Waals surface area contributed by atoms with Gasteiger partial charge in [-0.15, -0.1) is 0 Å². The lowest BCUT2D eigenvalue weighted by Gasteiger charge is -2.16. The normalized spacial score (nSPS) is 10.6. The van der Waals surface area contributed by atoms with Crippen LogP contribution in [0.25, 0.3) is 33.6 Å². The summed E-state index contributed by atoms with van der Waals surface area (Å²) in [5, 5.41) is 0. The van der Waals surface area contributed by atoms with E-state index in [-0.39, 0.29) is 0 Å². The number of benzene rings is 3. The van der Waals surface area contributed by atoms with Crippen LogP contribution >= 0.6 is 0 Å². The van der Waals surface area contributed by atoms with Gasteiger partial charge in [-0.3, -0.25) is 0 Å². The zero-order valence-electron chi connectivity index (χ0n) is 21.0. The van der Waals surface area contributed by atoms with E-state index >= 15 is 0 Å². The van der Waals surface area contributed by atoms with Gasteiger partial charge in [-0.05, 0) is 59.7 Å². The van der Waals surface area contributed by atoms with E-state index < -0.39 is 0 Å². The third kappa shape index (κ3) is 5.01. The van der Waals surface area contributed by atoms with Gasteiger partial charge < -0.3 is 23.8 Å². The van der Waals surface area contributed by atoms with Gasteiger partial charge in [0, 0.05) is 43.0 Å². The van der Waals surface area contributed by atoms with Crippen LogP contribution in [0.3, 0.4) is 0 Å². The minimum Gasteiger partial charge on any atom is -0.497 e. The molecular weight excluding hydrogens is 440 g/mol. The van der Waals surface area contributed by atoms with Gasteiger partial charge in [0.25, 0.3) is 0 Å². The van der Waals surface area contributed by atoms with E-state index in [9.17, 15) is 0 Å². The van der Waals surface area contributed by atoms with Crippen LogP contribution in [0.15, 0.2) is 72.8 Å². The molecule has 0 saturated heterocycles. The maximum atomic E-state index is 5.68. The maximum Gasteiger partial charge on any atom is 0.131 e. The highest BCUT2D eigenvalue weighted by atomic mass is 16.5. The van der Waals surface area contributed by atoms with Crippen molar-refractivity contribution in [2.75, 3.05) is 47.4 Å². The van der Waals surface area contributed by atoms with Crippen molar-refractivity contribution >= 4 is 5.69 Å². The Morgan fingerprint density at radius 3 is 1.43 bits per heavy atom. The van der Waals surface area contributed by atoms with Crippen molar-refractivity contribution < 1.29 is 18.9 Å². The van der Waals surface area contributed by atoms with Gasteiger partial charge in [-0.25, -0.2) is 4.98 Å². The fourth-order valence-electron chi connectivity index (χ4n) is 3.95. The topological polar surface area (TPSA) is 53.1 Å². The first-order valence-electron chi connectivity index (χ1n) is 11.2. The van der Waals surface area contributed by atoms with Crippen LogP contribution in [0.5, 0.6) is 23.0 Å². The third-order valence-corrected chi connectivity index (χ3v) is 5.91. The average molecular weight is 471 g/mol. The molecule has 3 aromatic carbocycles. The second-order valence-corrected chi connectivity index (χ2v) is 8.20. The number of methoxy groups -OCH3 is 4. The van der Waals surface area contributed by atoms with Crippen LogP contribution in [0.2, 0.25) is 0 Å². The van der Waals surface area contributed by atoms with E-state index in [1.165, 1.54) is 0 Å². The van der Waals surface area contributed by atoms with Crippen molar-refractivity contribution in [1.29, 1.82) is 0 Å². The molecule has 0 N–H and O–H groups in total. The zero-order chi connectivity index (χ0) is 24.9. The Hall–Kier alpha value is -4.19. The summed E-state index contributed by atoms with van der Waals surface area (Å²) in [6, 6.07) is 24.1. The summed E-state index contributed by atoms with van der Waals surface area (Å²) in [7, 11) is 10.6. The van der Waals surface area contributed by atoms with Crippen LogP contribution in [-0.2, 0) is 0 Å². The van der Waals surface area contributed by atoms with E-state index in [4.69, 9.17) is 23.9 Å². The molecule has 1 aromatic heterocycles. The molecule has 4 aromatic rings. The van der Waals surface area contributed by atoms with E-state index in [0.717, 1.165) is 50.8 Å². The molecule has 0 aliphatic carbocycles. The number of pyridine rings is 1. The van der Waals surface area contributed by atoms with Gasteiger partial charge in [0.15, 0.2) is 0 Å². The quantitative estimate of drug-likeness (QED) is 0.306. The number of anilines is 1. The molecule has 0 fully saturated rings. The summed E-state index contributed by atoms with van der Waals surface area (Å²) in [6.07, 6.45) is 0. The molecule has 0 aliphatic heterocycles. The van der Waals surface area contributed by atoms with Crippen molar-refractivity contribution in [1.82, 2.24) is 4.98 Å². The highest BCUT2D eigenvalue weighted by Crippen LogP contribution is 2.39. The first kappa shape index (κ1) is 24.0. The van der Waals surface area contributed by atoms with Crippen molar-refractivity contribution in [3.8, 4) is 56.6 Å². The lowest BCUT2D eigenvalue weighted by Crippen LogP contribution is -2.07. The molecule has 0 atom stereocenters. The average Bonchev–Trinajstić information content (AvgIpc) is 2.91. The highest BCUT2D eigenvalue weighted by Gasteiger charge is 2.16. The predicted molar refractivity (Wildman–Crippen MR) is 141 cm³/mol. The first-order chi connectivity index (χ1) is 17.0. The van der Waals surface area contributed by atoms with Gasteiger partial charge in [-0.2, -0.15) is 0 Å². The molecule has 180 valence electrons. The standard InChI is InChI=1S/C29H30N2O4/c1-31(2)21-9-7-19(8-10-21)20-15-26(24-13-11-22(32-3)17-28(24)34-5)30-27(16-20)25-14-12-23(33-4)18-29(25)35-6/h7-18H,1-6H3. The Morgan fingerprint density at radius 1 is 0.543 bits per heavy atom. The second-order valence-electron chi connectivity index (χ2n) is 8.20. The van der Waals surface area contributed by atoms with Crippen LogP contribution in [0.1, 0.15) is 0 Å². The van der Waals surface area contributed by atoms with Crippen molar-refractivity contribution in [3.63, 3.8) is 0 Å². The molecule has 0 radical (unpaired) electrons. The number of ether oxygens (including phenoxy) is 4. The number of aromatic nitrogens is 1. The van der Waals surface area contributed by atoms with E-state index in [1.807, 2.05) is 50.5 Å². The second kappa shape index (κ2) is 10.4. The minimum atomic E-state index is 0.685. The number of rotatable bonds is 8. The third-order valence-electron chi connectivity index (χ3n) is 5.91. The maximum absolute atomic E-state index is 5.68. The van der Waals surface area contributed by atoms with Gasteiger partial charge in [-0.1, -0.05) is 12.1 Å². The van der Waals surface area contributed by atoms with Crippen molar-refractivity contribution in [2.24, 2.45) is 0 Å². The summed E-state index contributed by atoms with van der Waals surface area (Å²) in [5.41, 5.74) is 6.56. The Bertz CT molecular complexity index is 1240. The van der Waals surface area contributed by atoms with Crippen LogP contribution < -0.4 is 23.8 Å². The summed E-state index contributed by atoms with van der Waals surface area (Å²) in [4.78, 5) is 7.10. The van der Waals surface area contributed by atoms with Crippen LogP contribution in [0.4, 0.5) is 5.69 Å². The lowest BCUT2D eigenvalue weighted by atomic mass is 9.99. The Balaban J connectivity index is 1.93. The van der Waals surface area contributed by atoms with Crippen LogP contribution in [-0.4, -0.2) is 47.5 Å². The summed E-state index contributed by atoms with van der Waals surface area (Å²) < 4.78 is 22.1. The van der Waals surface area contributed by atoms with Gasteiger partial charge in [0.2, 0.25) is 0 Å². The summed E-state index contributed by atoms with van der Waals surface area (Å²) in [5.74, 6) is 2.81. The van der Waals surface area contributed by atoms with Gasteiger partial charge in [0.1, 0.15) is 23.0 Å². The number of hydrogen-bond acceptors (Lipinski definition) is 6. The van der Waals surface area contributed by atoms with Crippen LogP contribution in [0, 0.1) is 0 Å². The molecule has 4 rings (SSSR count). The molecule has 0 spiro atoms. The van der Waals surface area contributed by atoms with E-state index in [1.54, 1.807) is 28.4 Å². The molecule has 1 heterocycles. The molecule has 35 heavy (non-hydrogen) atoms. The molecule has 0 bridgehead atoms. The monoisotopic (exact) mass is 470 g/mol. The van der Waals surface area contributed by atoms with E-state index in [2.05, 4.69) is 41.3 Å². The molecular formula is C29H30N2O4. The largest absolute Gasteiger partial charge is 0.497 e. The van der Waals surface area contributed by atoms with E-state index in [0.29, 0.717) is 11.5 Å². The molecule has 0 amide bonds.